The molecule has 2 rings (SSSR count). The van der Waals surface area contributed by atoms with E-state index in [4.69, 9.17) is 0 Å². The van der Waals surface area contributed by atoms with Crippen molar-refractivity contribution in [3.05, 3.63) is 48.1 Å². The molecule has 0 saturated carbocycles. The molecule has 0 N–H and O–H groups in total. The van der Waals surface area contributed by atoms with Gasteiger partial charge in [-0.3, -0.25) is 4.79 Å². The highest BCUT2D eigenvalue weighted by Crippen LogP contribution is 2.03. The number of rotatable bonds is 3. The van der Waals surface area contributed by atoms with Crippen molar-refractivity contribution in [3.63, 3.8) is 0 Å². The summed E-state index contributed by atoms with van der Waals surface area (Å²) in [7, 11) is 0. The van der Waals surface area contributed by atoms with Gasteiger partial charge in [-0.25, -0.2) is 4.68 Å². The van der Waals surface area contributed by atoms with Crippen molar-refractivity contribution >= 4 is 5.78 Å². The second kappa shape index (κ2) is 4.18. The van der Waals surface area contributed by atoms with Gasteiger partial charge in [0.2, 0.25) is 0 Å². The van der Waals surface area contributed by atoms with Crippen molar-refractivity contribution in [2.75, 3.05) is 0 Å². The predicted octanol–water partition coefficient (Wildman–Crippen LogP) is 1.44. The van der Waals surface area contributed by atoms with Crippen molar-refractivity contribution in [1.82, 2.24) is 14.8 Å². The average Bonchev–Trinajstić information content (AvgIpc) is 2.59. The molecular formula is C10H7F2N3O. The first-order chi connectivity index (χ1) is 7.66. The lowest BCUT2D eigenvalue weighted by atomic mass is 10.1. The molecule has 6 heteroatoms. The van der Waals surface area contributed by atoms with Gasteiger partial charge >= 0.3 is 12.2 Å². The molecule has 0 aliphatic carbocycles. The minimum Gasteiger partial charge on any atom is -0.292 e. The highest BCUT2D eigenvalue weighted by molar-refractivity contribution is 5.95. The number of ketones is 1. The summed E-state index contributed by atoms with van der Waals surface area (Å²) < 4.78 is 25.9. The molecule has 0 amide bonds. The number of halogens is 2. The maximum atomic E-state index is 12.9. The quantitative estimate of drug-likeness (QED) is 0.740. The van der Waals surface area contributed by atoms with Crippen LogP contribution in [0.15, 0.2) is 30.3 Å². The number of nitrogens with zero attached hydrogens (tertiary/aromatic N) is 3. The Kier molecular flexibility index (Phi) is 2.72. The summed E-state index contributed by atoms with van der Waals surface area (Å²) in [6.07, 6.45) is -2.29. The van der Waals surface area contributed by atoms with Crippen LogP contribution in [-0.4, -0.2) is 20.5 Å². The molecular weight excluding hydrogens is 216 g/mol. The van der Waals surface area contributed by atoms with E-state index in [1.54, 1.807) is 30.3 Å². The molecule has 16 heavy (non-hydrogen) atoms. The van der Waals surface area contributed by atoms with Gasteiger partial charge < -0.3 is 0 Å². The Bertz CT molecular complexity index is 510. The summed E-state index contributed by atoms with van der Waals surface area (Å²) in [5.41, 5.74) is 0.415. The smallest absolute Gasteiger partial charge is 0.292 e. The summed E-state index contributed by atoms with van der Waals surface area (Å²) in [6, 6.07) is 8.31. The average molecular weight is 223 g/mol. The molecule has 0 spiro atoms. The molecule has 0 aliphatic rings. The van der Waals surface area contributed by atoms with Gasteiger partial charge in [0, 0.05) is 5.56 Å². The monoisotopic (exact) mass is 223 g/mol. The molecule has 0 fully saturated rings. The van der Waals surface area contributed by atoms with Crippen LogP contribution in [0.2, 0.25) is 0 Å². The molecule has 0 unspecified atom stereocenters. The highest BCUT2D eigenvalue weighted by atomic mass is 19.1. The fraction of sp³-hybridized carbons (Fsp3) is 0.100. The largest absolute Gasteiger partial charge is 0.329 e. The molecule has 0 aliphatic heterocycles. The topological polar surface area (TPSA) is 47.8 Å². The summed E-state index contributed by atoms with van der Waals surface area (Å²) in [5.74, 6) is -0.357. The first-order valence-electron chi connectivity index (χ1n) is 4.51. The Morgan fingerprint density at radius 3 is 2.50 bits per heavy atom. The Labute approximate surface area is 89.5 Å². The normalized spacial score (nSPS) is 10.4. The van der Waals surface area contributed by atoms with E-state index in [0.717, 1.165) is 0 Å². The fourth-order valence-electron chi connectivity index (χ4n) is 1.25. The van der Waals surface area contributed by atoms with Crippen LogP contribution in [0.25, 0.3) is 0 Å². The Balaban J connectivity index is 2.17. The zero-order valence-electron chi connectivity index (χ0n) is 8.10. The van der Waals surface area contributed by atoms with E-state index in [-0.39, 0.29) is 12.3 Å². The van der Waals surface area contributed by atoms with Gasteiger partial charge in [0.1, 0.15) is 6.54 Å². The molecule has 4 nitrogen and oxygen atoms in total. The van der Waals surface area contributed by atoms with Crippen LogP contribution in [-0.2, 0) is 6.54 Å². The zero-order valence-corrected chi connectivity index (χ0v) is 8.10. The molecule has 1 aromatic heterocycles. The minimum atomic E-state index is -1.18. The van der Waals surface area contributed by atoms with Crippen LogP contribution in [0.4, 0.5) is 8.78 Å². The molecule has 0 bridgehead atoms. The van der Waals surface area contributed by atoms with E-state index >= 15 is 0 Å². The highest BCUT2D eigenvalue weighted by Gasteiger charge is 2.13. The second-order valence-corrected chi connectivity index (χ2v) is 3.10. The lowest BCUT2D eigenvalue weighted by molar-refractivity contribution is 0.0961. The van der Waals surface area contributed by atoms with Gasteiger partial charge in [-0.2, -0.15) is 13.8 Å². The molecule has 82 valence electrons. The van der Waals surface area contributed by atoms with E-state index in [0.29, 0.717) is 10.2 Å². The first kappa shape index (κ1) is 10.4. The number of hydrogen-bond donors (Lipinski definition) is 0. The maximum absolute atomic E-state index is 12.9. The number of carbonyl (C=O) groups is 1. The third kappa shape index (κ3) is 2.10. The van der Waals surface area contributed by atoms with Crippen LogP contribution in [0.3, 0.4) is 0 Å². The van der Waals surface area contributed by atoms with Gasteiger partial charge in [-0.15, -0.1) is 5.10 Å². The van der Waals surface area contributed by atoms with Crippen molar-refractivity contribution in [3.8, 4) is 0 Å². The van der Waals surface area contributed by atoms with Crippen LogP contribution in [0.1, 0.15) is 10.4 Å². The Morgan fingerprint density at radius 1 is 1.25 bits per heavy atom. The van der Waals surface area contributed by atoms with Gasteiger partial charge in [0.15, 0.2) is 5.78 Å². The Morgan fingerprint density at radius 2 is 1.94 bits per heavy atom. The van der Waals surface area contributed by atoms with Crippen molar-refractivity contribution < 1.29 is 13.6 Å². The van der Waals surface area contributed by atoms with Crippen molar-refractivity contribution in [2.45, 2.75) is 6.54 Å². The fourth-order valence-corrected chi connectivity index (χ4v) is 1.25. The number of Topliss-reactive ketones (excluding diaryl/α,β-unsaturated/α-hetero) is 1. The summed E-state index contributed by atoms with van der Waals surface area (Å²) in [6.45, 7) is -0.368. The third-order valence-corrected chi connectivity index (χ3v) is 1.99. The number of aromatic nitrogens is 3. The Hall–Kier alpha value is -2.11. The van der Waals surface area contributed by atoms with Crippen LogP contribution < -0.4 is 0 Å². The van der Waals surface area contributed by atoms with Gasteiger partial charge in [-0.05, 0) is 0 Å². The molecule has 0 saturated heterocycles. The third-order valence-electron chi connectivity index (χ3n) is 1.99. The molecule has 0 atom stereocenters. The summed E-state index contributed by atoms with van der Waals surface area (Å²) in [5, 5.41) is 3.12. The molecule has 1 heterocycles. The van der Waals surface area contributed by atoms with E-state index in [1.807, 2.05) is 0 Å². The second-order valence-electron chi connectivity index (χ2n) is 3.10. The zero-order chi connectivity index (χ0) is 11.5. The minimum absolute atomic E-state index is 0.357. The maximum Gasteiger partial charge on any atom is 0.329 e. The lowest BCUT2D eigenvalue weighted by Gasteiger charge is -2.00. The van der Waals surface area contributed by atoms with Crippen LogP contribution in [0, 0.1) is 12.2 Å². The first-order valence-corrected chi connectivity index (χ1v) is 4.51. The number of carbonyl (C=O) groups excluding carboxylic acids is 1. The predicted molar refractivity (Wildman–Crippen MR) is 50.7 cm³/mol. The summed E-state index contributed by atoms with van der Waals surface area (Å²) in [4.78, 5) is 14.4. The van der Waals surface area contributed by atoms with E-state index in [9.17, 15) is 13.6 Å². The van der Waals surface area contributed by atoms with Crippen LogP contribution >= 0.6 is 0 Å². The van der Waals surface area contributed by atoms with Gasteiger partial charge in [-0.1, -0.05) is 30.3 Å². The van der Waals surface area contributed by atoms with Crippen molar-refractivity contribution in [2.24, 2.45) is 0 Å². The number of hydrogen-bond acceptors (Lipinski definition) is 3. The number of benzene rings is 1. The van der Waals surface area contributed by atoms with Crippen molar-refractivity contribution in [1.29, 1.82) is 0 Å². The molecule has 1 aromatic carbocycles. The lowest BCUT2D eigenvalue weighted by Crippen LogP contribution is -2.13. The summed E-state index contributed by atoms with van der Waals surface area (Å²) >= 11 is 0. The SMILES string of the molecule is O=C(Cn1nc(F)nc1F)c1ccccc1. The van der Waals surface area contributed by atoms with E-state index < -0.39 is 12.2 Å². The van der Waals surface area contributed by atoms with Crippen LogP contribution in [0.5, 0.6) is 0 Å². The standard InChI is InChI=1S/C10H7F2N3O/c11-9-13-10(12)15(14-9)6-8(16)7-4-2-1-3-5-7/h1-5H,6H2. The molecule has 2 aromatic rings. The van der Waals surface area contributed by atoms with E-state index in [1.165, 1.54) is 0 Å². The van der Waals surface area contributed by atoms with Gasteiger partial charge in [0.05, 0.1) is 0 Å². The molecule has 0 radical (unpaired) electrons. The van der Waals surface area contributed by atoms with Gasteiger partial charge in [0.25, 0.3) is 0 Å². The van der Waals surface area contributed by atoms with E-state index in [2.05, 4.69) is 10.1 Å².